The topological polar surface area (TPSA) is 47.9 Å². The van der Waals surface area contributed by atoms with Gasteiger partial charge in [0.25, 0.3) is 0 Å². The molecular weight excluding hydrogens is 354 g/mol. The smallest absolute Gasteiger partial charge is 0.209 e. The molecule has 0 aliphatic carbocycles. The molecule has 0 radical (unpaired) electrons. The van der Waals surface area contributed by atoms with E-state index >= 15 is 0 Å². The Kier molecular flexibility index (Phi) is 5.50. The molecule has 0 bridgehead atoms. The van der Waals surface area contributed by atoms with Crippen LogP contribution in [0, 0.1) is 13.8 Å². The lowest BCUT2D eigenvalue weighted by atomic mass is 10.0. The Morgan fingerprint density at radius 1 is 0.889 bits per heavy atom. The van der Waals surface area contributed by atoms with E-state index < -0.39 is 0 Å². The predicted octanol–water partition coefficient (Wildman–Crippen LogP) is 5.09. The molecule has 1 atom stereocenters. The van der Waals surface area contributed by atoms with Crippen molar-refractivity contribution in [3.63, 3.8) is 0 Å². The molecule has 0 amide bonds. The second-order valence-corrected chi connectivity index (χ2v) is 7.96. The highest BCUT2D eigenvalue weighted by molar-refractivity contribution is 7.99. The summed E-state index contributed by atoms with van der Waals surface area (Å²) in [5, 5.41) is 9.64. The fraction of sp³-hybridized carbons (Fsp3) is 0.318. The van der Waals surface area contributed by atoms with E-state index in [2.05, 4.69) is 72.6 Å². The van der Waals surface area contributed by atoms with E-state index in [1.165, 1.54) is 11.1 Å². The molecule has 1 aromatic heterocycles. The SMILES string of the molecule is Cc1ccc(-c2nnc(SC[C@H]3CCCO3)nc2-c2ccc(C)cc2)cc1. The lowest BCUT2D eigenvalue weighted by molar-refractivity contribution is 0.129. The standard InChI is InChI=1S/C22H23N3OS/c1-15-5-9-17(10-6-15)20-21(18-11-7-16(2)8-12-18)24-25-22(23-20)27-14-19-4-3-13-26-19/h5-12,19H,3-4,13-14H2,1-2H3/t19-/m1/s1. The molecule has 1 aliphatic rings. The molecule has 1 fully saturated rings. The maximum atomic E-state index is 5.71. The van der Waals surface area contributed by atoms with Crippen molar-refractivity contribution in [3.05, 3.63) is 59.7 Å². The van der Waals surface area contributed by atoms with Crippen molar-refractivity contribution in [1.82, 2.24) is 15.2 Å². The molecule has 3 aromatic rings. The van der Waals surface area contributed by atoms with Gasteiger partial charge in [0, 0.05) is 23.5 Å². The van der Waals surface area contributed by atoms with Gasteiger partial charge in [-0.25, -0.2) is 4.98 Å². The zero-order valence-corrected chi connectivity index (χ0v) is 16.5. The van der Waals surface area contributed by atoms with Gasteiger partial charge in [-0.05, 0) is 26.7 Å². The first kappa shape index (κ1) is 18.1. The van der Waals surface area contributed by atoms with Crippen LogP contribution in [0.4, 0.5) is 0 Å². The van der Waals surface area contributed by atoms with Gasteiger partial charge in [0.15, 0.2) is 0 Å². The molecule has 0 N–H and O–H groups in total. The van der Waals surface area contributed by atoms with Crippen LogP contribution in [0.15, 0.2) is 53.7 Å². The van der Waals surface area contributed by atoms with Crippen LogP contribution in [-0.4, -0.2) is 33.6 Å². The molecule has 27 heavy (non-hydrogen) atoms. The summed E-state index contributed by atoms with van der Waals surface area (Å²) < 4.78 is 5.71. The summed E-state index contributed by atoms with van der Waals surface area (Å²) in [7, 11) is 0. The molecule has 138 valence electrons. The largest absolute Gasteiger partial charge is 0.377 e. The van der Waals surface area contributed by atoms with Crippen LogP contribution in [0.25, 0.3) is 22.5 Å². The van der Waals surface area contributed by atoms with Crippen LogP contribution in [0.5, 0.6) is 0 Å². The third kappa shape index (κ3) is 4.37. The first-order chi connectivity index (χ1) is 13.2. The van der Waals surface area contributed by atoms with E-state index in [1.807, 2.05) is 0 Å². The fourth-order valence-electron chi connectivity index (χ4n) is 3.13. The molecule has 4 rings (SSSR count). The highest BCUT2D eigenvalue weighted by atomic mass is 32.2. The zero-order valence-electron chi connectivity index (χ0n) is 15.7. The minimum atomic E-state index is 0.304. The van der Waals surface area contributed by atoms with Gasteiger partial charge >= 0.3 is 0 Å². The lowest BCUT2D eigenvalue weighted by Gasteiger charge is -2.11. The number of hydrogen-bond acceptors (Lipinski definition) is 5. The van der Waals surface area contributed by atoms with Gasteiger partial charge in [-0.3, -0.25) is 0 Å². The number of aryl methyl sites for hydroxylation is 2. The van der Waals surface area contributed by atoms with Crippen LogP contribution in [0.3, 0.4) is 0 Å². The molecular formula is C22H23N3OS. The Morgan fingerprint density at radius 2 is 1.52 bits per heavy atom. The van der Waals surface area contributed by atoms with E-state index in [-0.39, 0.29) is 0 Å². The number of aromatic nitrogens is 3. The maximum Gasteiger partial charge on any atom is 0.209 e. The third-order valence-electron chi connectivity index (χ3n) is 4.74. The van der Waals surface area contributed by atoms with E-state index in [4.69, 9.17) is 9.72 Å². The summed E-state index contributed by atoms with van der Waals surface area (Å²) in [4.78, 5) is 4.87. The summed E-state index contributed by atoms with van der Waals surface area (Å²) >= 11 is 1.63. The molecule has 0 spiro atoms. The van der Waals surface area contributed by atoms with Gasteiger partial charge in [-0.2, -0.15) is 0 Å². The van der Waals surface area contributed by atoms with Crippen LogP contribution in [-0.2, 0) is 4.74 Å². The Labute approximate surface area is 164 Å². The lowest BCUT2D eigenvalue weighted by Crippen LogP contribution is -2.09. The zero-order chi connectivity index (χ0) is 18.6. The molecule has 1 aliphatic heterocycles. The Morgan fingerprint density at radius 3 is 2.11 bits per heavy atom. The molecule has 2 aromatic carbocycles. The third-order valence-corrected chi connectivity index (χ3v) is 5.71. The minimum Gasteiger partial charge on any atom is -0.377 e. The minimum absolute atomic E-state index is 0.304. The predicted molar refractivity (Wildman–Crippen MR) is 110 cm³/mol. The van der Waals surface area contributed by atoms with Crippen LogP contribution < -0.4 is 0 Å². The van der Waals surface area contributed by atoms with Crippen LogP contribution in [0.1, 0.15) is 24.0 Å². The van der Waals surface area contributed by atoms with Crippen molar-refractivity contribution in [3.8, 4) is 22.5 Å². The Hall–Kier alpha value is -2.24. The van der Waals surface area contributed by atoms with E-state index in [0.29, 0.717) is 11.3 Å². The number of benzene rings is 2. The molecule has 5 heteroatoms. The molecule has 0 unspecified atom stereocenters. The summed E-state index contributed by atoms with van der Waals surface area (Å²) in [6, 6.07) is 16.8. The van der Waals surface area contributed by atoms with E-state index in [1.54, 1.807) is 11.8 Å². The fourth-order valence-corrected chi connectivity index (χ4v) is 3.99. The average molecular weight is 378 g/mol. The van der Waals surface area contributed by atoms with Gasteiger partial charge in [-0.1, -0.05) is 71.4 Å². The number of rotatable bonds is 5. The van der Waals surface area contributed by atoms with E-state index in [0.717, 1.165) is 47.7 Å². The van der Waals surface area contributed by atoms with E-state index in [9.17, 15) is 0 Å². The average Bonchev–Trinajstić information content (AvgIpc) is 3.21. The first-order valence-corrected chi connectivity index (χ1v) is 10.3. The summed E-state index contributed by atoms with van der Waals surface area (Å²) in [5.41, 5.74) is 6.24. The van der Waals surface area contributed by atoms with Crippen molar-refractivity contribution in [1.29, 1.82) is 0 Å². The number of thioether (sulfide) groups is 1. The van der Waals surface area contributed by atoms with Gasteiger partial charge in [0.2, 0.25) is 5.16 Å². The van der Waals surface area contributed by atoms with Crippen LogP contribution in [0.2, 0.25) is 0 Å². The molecule has 0 saturated carbocycles. The molecule has 1 saturated heterocycles. The second kappa shape index (κ2) is 8.19. The summed E-state index contributed by atoms with van der Waals surface area (Å²) in [5.74, 6) is 0.874. The normalized spacial score (nSPS) is 16.6. The Balaban J connectivity index is 1.69. The highest BCUT2D eigenvalue weighted by Crippen LogP contribution is 2.31. The molecule has 4 nitrogen and oxygen atoms in total. The van der Waals surface area contributed by atoms with Gasteiger partial charge in [-0.15, -0.1) is 10.2 Å². The number of hydrogen-bond donors (Lipinski definition) is 0. The van der Waals surface area contributed by atoms with Crippen molar-refractivity contribution >= 4 is 11.8 Å². The monoisotopic (exact) mass is 377 g/mol. The van der Waals surface area contributed by atoms with Crippen molar-refractivity contribution in [2.75, 3.05) is 12.4 Å². The Bertz CT molecular complexity index is 904. The van der Waals surface area contributed by atoms with Gasteiger partial charge in [0.05, 0.1) is 6.10 Å². The van der Waals surface area contributed by atoms with Gasteiger partial charge in [0.1, 0.15) is 11.4 Å². The number of ether oxygens (including phenoxy) is 1. The van der Waals surface area contributed by atoms with Gasteiger partial charge < -0.3 is 4.74 Å². The summed E-state index contributed by atoms with van der Waals surface area (Å²) in [6.45, 7) is 5.04. The van der Waals surface area contributed by atoms with Crippen molar-refractivity contribution < 1.29 is 4.74 Å². The maximum absolute atomic E-state index is 5.71. The van der Waals surface area contributed by atoms with Crippen molar-refractivity contribution in [2.45, 2.75) is 37.9 Å². The second-order valence-electron chi connectivity index (χ2n) is 6.97. The highest BCUT2D eigenvalue weighted by Gasteiger charge is 2.18. The summed E-state index contributed by atoms with van der Waals surface area (Å²) in [6.07, 6.45) is 2.57. The van der Waals surface area contributed by atoms with Crippen LogP contribution >= 0.6 is 11.8 Å². The van der Waals surface area contributed by atoms with Crippen molar-refractivity contribution in [2.24, 2.45) is 0 Å². The number of nitrogens with zero attached hydrogens (tertiary/aromatic N) is 3. The molecule has 2 heterocycles. The quantitative estimate of drug-likeness (QED) is 0.579. The first-order valence-electron chi connectivity index (χ1n) is 9.32.